The monoisotopic (exact) mass is 421 g/mol. The average Bonchev–Trinajstić information content (AvgIpc) is 3.14. The van der Waals surface area contributed by atoms with E-state index in [1.165, 1.54) is 17.4 Å². The van der Waals surface area contributed by atoms with Crippen LogP contribution in [0.1, 0.15) is 35.3 Å². The van der Waals surface area contributed by atoms with Crippen LogP contribution in [0.25, 0.3) is 10.1 Å². The maximum Gasteiger partial charge on any atom is 0.228 e. The molecule has 1 aliphatic rings. The maximum absolute atomic E-state index is 14.6. The van der Waals surface area contributed by atoms with E-state index in [-0.39, 0.29) is 11.7 Å². The summed E-state index contributed by atoms with van der Waals surface area (Å²) < 4.78 is 28.4. The van der Waals surface area contributed by atoms with Crippen molar-refractivity contribution in [1.29, 1.82) is 5.41 Å². The second kappa shape index (κ2) is 7.25. The Labute approximate surface area is 176 Å². The summed E-state index contributed by atoms with van der Waals surface area (Å²) in [5, 5.41) is 9.59. The quantitative estimate of drug-likeness (QED) is 0.421. The fraction of sp³-hybridized carbons (Fsp3) is 0.217. The molecule has 0 saturated heterocycles. The summed E-state index contributed by atoms with van der Waals surface area (Å²) >= 11 is 1.38. The van der Waals surface area contributed by atoms with E-state index < -0.39 is 0 Å². The molecule has 0 amide bonds. The van der Waals surface area contributed by atoms with Crippen molar-refractivity contribution in [2.75, 3.05) is 7.11 Å². The normalized spacial score (nSPS) is 14.8. The number of aromatic nitrogens is 2. The van der Waals surface area contributed by atoms with Crippen LogP contribution < -0.4 is 15.0 Å². The molecule has 0 bridgehead atoms. The van der Waals surface area contributed by atoms with Gasteiger partial charge in [-0.15, -0.1) is 11.3 Å². The number of hydrogen-bond acceptors (Lipinski definition) is 5. The molecule has 0 saturated carbocycles. The van der Waals surface area contributed by atoms with Crippen LogP contribution in [0.2, 0.25) is 0 Å². The van der Waals surface area contributed by atoms with Crippen molar-refractivity contribution in [2.24, 2.45) is 0 Å². The van der Waals surface area contributed by atoms with E-state index in [1.54, 1.807) is 19.5 Å². The second-order valence-corrected chi connectivity index (χ2v) is 8.28. The van der Waals surface area contributed by atoms with Crippen LogP contribution in [-0.4, -0.2) is 16.7 Å². The van der Waals surface area contributed by atoms with Gasteiger partial charge in [0.1, 0.15) is 23.4 Å². The number of methoxy groups -OCH3 is 1. The van der Waals surface area contributed by atoms with Gasteiger partial charge in [-0.3, -0.25) is 5.41 Å². The molecular weight excluding hydrogens is 401 g/mol. The molecule has 2 aromatic carbocycles. The summed E-state index contributed by atoms with van der Waals surface area (Å²) in [6.45, 7) is 2.76. The second-order valence-electron chi connectivity index (χ2n) is 7.23. The molecule has 3 heterocycles. The number of halogens is 1. The fourth-order valence-corrected chi connectivity index (χ4v) is 5.25. The highest BCUT2D eigenvalue weighted by Gasteiger charge is 2.35. The Morgan fingerprint density at radius 2 is 2.03 bits per heavy atom. The van der Waals surface area contributed by atoms with Crippen LogP contribution in [0.4, 0.5) is 4.39 Å². The smallest absolute Gasteiger partial charge is 0.228 e. The van der Waals surface area contributed by atoms with Crippen LogP contribution in [0, 0.1) is 11.2 Å². The van der Waals surface area contributed by atoms with Gasteiger partial charge in [-0.05, 0) is 36.2 Å². The Bertz CT molecular complexity index is 1310. The first-order valence-electron chi connectivity index (χ1n) is 9.79. The highest BCUT2D eigenvalue weighted by atomic mass is 32.1. The molecule has 0 fully saturated rings. The first-order valence-corrected chi connectivity index (χ1v) is 10.6. The van der Waals surface area contributed by atoms with Gasteiger partial charge in [-0.1, -0.05) is 25.1 Å². The summed E-state index contributed by atoms with van der Waals surface area (Å²) in [5.41, 5.74) is 2.06. The van der Waals surface area contributed by atoms with Gasteiger partial charge >= 0.3 is 0 Å². The average molecular weight is 421 g/mol. The van der Waals surface area contributed by atoms with Gasteiger partial charge in [0.15, 0.2) is 5.75 Å². The third kappa shape index (κ3) is 2.81. The van der Waals surface area contributed by atoms with E-state index in [0.717, 1.165) is 28.0 Å². The first-order chi connectivity index (χ1) is 14.6. The van der Waals surface area contributed by atoms with Crippen LogP contribution in [-0.2, 0) is 6.54 Å². The van der Waals surface area contributed by atoms with Gasteiger partial charge in [0.2, 0.25) is 5.88 Å². The Morgan fingerprint density at radius 1 is 1.23 bits per heavy atom. The van der Waals surface area contributed by atoms with Gasteiger partial charge in [-0.2, -0.15) is 0 Å². The first kappa shape index (κ1) is 18.8. The molecule has 1 unspecified atom stereocenters. The maximum atomic E-state index is 14.6. The Hall–Kier alpha value is -3.19. The number of aryl methyl sites for hydroxylation is 1. The lowest BCUT2D eigenvalue weighted by atomic mass is 9.88. The molecule has 4 aromatic rings. The lowest BCUT2D eigenvalue weighted by molar-refractivity contribution is 0.414. The highest BCUT2D eigenvalue weighted by molar-refractivity contribution is 7.19. The highest BCUT2D eigenvalue weighted by Crippen LogP contribution is 2.52. The molecule has 7 heteroatoms. The van der Waals surface area contributed by atoms with Gasteiger partial charge < -0.3 is 14.0 Å². The van der Waals surface area contributed by atoms with Gasteiger partial charge in [0.05, 0.1) is 28.2 Å². The third-order valence-corrected chi connectivity index (χ3v) is 6.66. The standard InChI is InChI=1S/C23H20FN3O2S/c1-3-11-27-12-26-23-18(22(27)25)17(13-7-9-14(28-2)10-8-13)21-19(29-23)15-5-4-6-16(24)20(15)30-21/h4-10,12,17,25H,3,11H2,1-2H3. The predicted octanol–water partition coefficient (Wildman–Crippen LogP) is 5.42. The third-order valence-electron chi connectivity index (χ3n) is 5.40. The summed E-state index contributed by atoms with van der Waals surface area (Å²) in [7, 11) is 1.63. The van der Waals surface area contributed by atoms with E-state index in [2.05, 4.69) is 11.9 Å². The molecule has 0 aliphatic carbocycles. The molecule has 0 radical (unpaired) electrons. The van der Waals surface area contributed by atoms with Gasteiger partial charge in [0, 0.05) is 11.9 Å². The van der Waals surface area contributed by atoms with Crippen molar-refractivity contribution in [1.82, 2.24) is 9.55 Å². The molecule has 1 aliphatic heterocycles. The number of fused-ring (bicyclic) bond motifs is 4. The SMILES string of the molecule is CCCn1cnc2c(c1=N)C(c1ccc(OC)cc1)c1sc3c(F)cccc3c1O2. The number of nitrogens with one attached hydrogen (secondary N) is 1. The Morgan fingerprint density at radius 3 is 2.77 bits per heavy atom. The minimum Gasteiger partial charge on any atom is -0.497 e. The number of nitrogens with zero attached hydrogens (tertiary/aromatic N) is 2. The molecule has 30 heavy (non-hydrogen) atoms. The van der Waals surface area contributed by atoms with E-state index >= 15 is 0 Å². The van der Waals surface area contributed by atoms with Crippen LogP contribution in [0.5, 0.6) is 17.4 Å². The number of thiophene rings is 1. The van der Waals surface area contributed by atoms with Crippen molar-refractivity contribution in [3.63, 3.8) is 0 Å². The number of hydrogen-bond donors (Lipinski definition) is 1. The lowest BCUT2D eigenvalue weighted by Crippen LogP contribution is -2.29. The van der Waals surface area contributed by atoms with E-state index in [9.17, 15) is 4.39 Å². The van der Waals surface area contributed by atoms with Crippen LogP contribution in [0.15, 0.2) is 48.8 Å². The fourth-order valence-electron chi connectivity index (χ4n) is 3.98. The van der Waals surface area contributed by atoms with Gasteiger partial charge in [0.25, 0.3) is 0 Å². The zero-order valence-corrected chi connectivity index (χ0v) is 17.4. The Kier molecular flexibility index (Phi) is 4.55. The topological polar surface area (TPSA) is 60.1 Å². The minimum absolute atomic E-state index is 0.268. The van der Waals surface area contributed by atoms with E-state index in [0.29, 0.717) is 33.9 Å². The van der Waals surface area contributed by atoms with Crippen LogP contribution in [0.3, 0.4) is 0 Å². The molecule has 5 rings (SSSR count). The minimum atomic E-state index is -0.270. The molecule has 5 nitrogen and oxygen atoms in total. The lowest BCUT2D eigenvalue weighted by Gasteiger charge is -2.26. The zero-order valence-electron chi connectivity index (χ0n) is 16.6. The van der Waals surface area contributed by atoms with E-state index in [1.807, 2.05) is 34.9 Å². The van der Waals surface area contributed by atoms with Crippen molar-refractivity contribution in [3.05, 3.63) is 76.1 Å². The van der Waals surface area contributed by atoms with Crippen LogP contribution >= 0.6 is 11.3 Å². The summed E-state index contributed by atoms with van der Waals surface area (Å²) in [5.74, 6) is 1.25. The number of benzene rings is 2. The molecule has 2 aromatic heterocycles. The van der Waals surface area contributed by atoms with E-state index in [4.69, 9.17) is 14.9 Å². The van der Waals surface area contributed by atoms with Crippen molar-refractivity contribution in [2.45, 2.75) is 25.8 Å². The predicted molar refractivity (Wildman–Crippen MR) is 114 cm³/mol. The van der Waals surface area contributed by atoms with Crippen molar-refractivity contribution < 1.29 is 13.9 Å². The molecule has 152 valence electrons. The van der Waals surface area contributed by atoms with Crippen molar-refractivity contribution >= 4 is 21.4 Å². The zero-order chi connectivity index (χ0) is 20.8. The number of ether oxygens (including phenoxy) is 2. The largest absolute Gasteiger partial charge is 0.497 e. The molecule has 0 spiro atoms. The van der Waals surface area contributed by atoms with Gasteiger partial charge in [-0.25, -0.2) is 9.37 Å². The molecule has 1 N–H and O–H groups in total. The Balaban J connectivity index is 1.80. The van der Waals surface area contributed by atoms with Crippen molar-refractivity contribution in [3.8, 4) is 17.4 Å². The number of rotatable bonds is 4. The summed E-state index contributed by atoms with van der Waals surface area (Å²) in [6, 6.07) is 12.8. The molecular formula is C23H20FN3O2S. The molecule has 1 atom stereocenters. The summed E-state index contributed by atoms with van der Waals surface area (Å²) in [6.07, 6.45) is 2.54. The summed E-state index contributed by atoms with van der Waals surface area (Å²) in [4.78, 5) is 5.41.